The number of rotatable bonds is 17. The molecule has 0 unspecified atom stereocenters. The molecule has 0 saturated heterocycles. The van der Waals surface area contributed by atoms with Crippen molar-refractivity contribution in [2.45, 2.75) is 13.2 Å². The average Bonchev–Trinajstić information content (AvgIpc) is 3.53. The summed E-state index contributed by atoms with van der Waals surface area (Å²) >= 11 is 0. The van der Waals surface area contributed by atoms with Gasteiger partial charge in [-0.25, -0.2) is 0 Å². The first-order valence-electron chi connectivity index (χ1n) is 26.4. The van der Waals surface area contributed by atoms with Crippen molar-refractivity contribution in [3.63, 3.8) is 0 Å². The summed E-state index contributed by atoms with van der Waals surface area (Å²) < 4.78 is 12.3. The van der Waals surface area contributed by atoms with Gasteiger partial charge in [-0.3, -0.25) is 0 Å². The van der Waals surface area contributed by atoms with Crippen LogP contribution >= 0.6 is 0 Å². The van der Waals surface area contributed by atoms with E-state index in [1.54, 1.807) is 0 Å². The van der Waals surface area contributed by atoms with Crippen molar-refractivity contribution in [3.05, 3.63) is 314 Å². The molecule has 0 aliphatic carbocycles. The van der Waals surface area contributed by atoms with Crippen molar-refractivity contribution < 1.29 is 9.47 Å². The number of fused-ring (bicyclic) bond motifs is 2. The molecule has 0 heterocycles. The van der Waals surface area contributed by atoms with Crippen molar-refractivity contribution in [1.29, 1.82) is 0 Å². The smallest absolute Gasteiger partial charge is 0.119 e. The van der Waals surface area contributed by atoms with E-state index >= 15 is 0 Å². The Bertz CT molecular complexity index is 3720. The van der Waals surface area contributed by atoms with Gasteiger partial charge in [-0.2, -0.15) is 0 Å². The summed E-state index contributed by atoms with van der Waals surface area (Å²) in [5.41, 5.74) is 17.7. The van der Waals surface area contributed by atoms with Crippen LogP contribution in [-0.4, -0.2) is 0 Å². The normalized spacial score (nSPS) is 11.0. The molecular formula is C74H56N2O2. The van der Waals surface area contributed by atoms with Gasteiger partial charge in [0.1, 0.15) is 24.7 Å². The van der Waals surface area contributed by atoms with E-state index in [0.29, 0.717) is 13.2 Å². The Hall–Kier alpha value is -10.2. The SMILES string of the molecule is C=Cc1ccc(COc2ccc(-c3ccc(N(c4ccc(-c5ccc(N(c6ccc(-c7ccc(OCc8ccc(C=C)cc8)cc7)cc6)c6cccc7ccccc67)cc5)cc4)c4cccc5ccccc45)cc3)cc2)cc1. The highest BCUT2D eigenvalue weighted by Crippen LogP contribution is 2.43. The number of ether oxygens (including phenoxy) is 2. The third-order valence-electron chi connectivity index (χ3n) is 14.5. The number of anilines is 6. The summed E-state index contributed by atoms with van der Waals surface area (Å²) in [7, 11) is 0. The first-order chi connectivity index (χ1) is 38.5. The molecule has 78 heavy (non-hydrogen) atoms. The lowest BCUT2D eigenvalue weighted by atomic mass is 10.0. The van der Waals surface area contributed by atoms with Crippen LogP contribution < -0.4 is 19.3 Å². The van der Waals surface area contributed by atoms with Crippen LogP contribution in [0.25, 0.3) is 67.1 Å². The molecular weight excluding hydrogens is 949 g/mol. The minimum absolute atomic E-state index is 0.508. The average molecular weight is 1010 g/mol. The molecule has 0 radical (unpaired) electrons. The summed E-state index contributed by atoms with van der Waals surface area (Å²) in [6.07, 6.45) is 3.70. The Morgan fingerprint density at radius 2 is 0.564 bits per heavy atom. The standard InChI is InChI=1S/C74H56N2O2/c1-3-53-19-23-55(24-20-53)51-77-69-47-35-61(36-48-69)59-31-43-67(44-32-59)75(73-17-9-13-63-11-5-7-15-71(63)73)65-39-27-57(28-40-65)58-29-41-66(42-30-58)76(74-18-10-14-64-12-6-8-16-72(64)74)68-45-33-60(34-46-68)62-37-49-70(50-38-62)78-52-56-25-21-54(4-2)22-26-56/h3-50H,1-2,51-52H2. The maximum atomic E-state index is 6.13. The zero-order valence-corrected chi connectivity index (χ0v) is 43.3. The molecule has 4 heteroatoms. The minimum atomic E-state index is 0.508. The van der Waals surface area contributed by atoms with Gasteiger partial charge in [-0.05, 0) is 151 Å². The lowest BCUT2D eigenvalue weighted by molar-refractivity contribution is 0.306. The molecule has 0 fully saturated rings. The second kappa shape index (κ2) is 22.4. The van der Waals surface area contributed by atoms with E-state index in [4.69, 9.17) is 9.47 Å². The van der Waals surface area contributed by atoms with Crippen molar-refractivity contribution >= 4 is 67.8 Å². The van der Waals surface area contributed by atoms with E-state index < -0.39 is 0 Å². The Morgan fingerprint density at radius 3 is 0.872 bits per heavy atom. The number of hydrogen-bond acceptors (Lipinski definition) is 4. The molecule has 0 N–H and O–H groups in total. The van der Waals surface area contributed by atoms with Gasteiger partial charge in [-0.15, -0.1) is 0 Å². The molecule has 374 valence electrons. The molecule has 0 aliphatic rings. The van der Waals surface area contributed by atoms with Crippen LogP contribution in [0.4, 0.5) is 34.1 Å². The molecule has 0 atom stereocenters. The zero-order chi connectivity index (χ0) is 52.6. The number of hydrogen-bond donors (Lipinski definition) is 0. The highest BCUT2D eigenvalue weighted by molar-refractivity contribution is 6.00. The van der Waals surface area contributed by atoms with E-state index in [2.05, 4.69) is 278 Å². The maximum Gasteiger partial charge on any atom is 0.119 e. The number of nitrogens with zero attached hydrogens (tertiary/aromatic N) is 2. The molecule has 12 aromatic rings. The fourth-order valence-corrected chi connectivity index (χ4v) is 10.2. The van der Waals surface area contributed by atoms with Crippen molar-refractivity contribution in [1.82, 2.24) is 0 Å². The predicted octanol–water partition coefficient (Wildman–Crippen LogP) is 20.4. The van der Waals surface area contributed by atoms with Gasteiger partial charge in [0.15, 0.2) is 0 Å². The van der Waals surface area contributed by atoms with Crippen LogP contribution in [0.15, 0.2) is 292 Å². The third-order valence-corrected chi connectivity index (χ3v) is 14.5. The summed E-state index contributed by atoms with van der Waals surface area (Å²) in [5, 5.41) is 4.75. The van der Waals surface area contributed by atoms with Gasteiger partial charge in [0.05, 0.1) is 11.4 Å². The van der Waals surface area contributed by atoms with Gasteiger partial charge >= 0.3 is 0 Å². The van der Waals surface area contributed by atoms with Crippen LogP contribution in [0.5, 0.6) is 11.5 Å². The largest absolute Gasteiger partial charge is 0.489 e. The quantitative estimate of drug-likeness (QED) is 0.0907. The minimum Gasteiger partial charge on any atom is -0.489 e. The van der Waals surface area contributed by atoms with Gasteiger partial charge in [0.25, 0.3) is 0 Å². The van der Waals surface area contributed by atoms with Crippen molar-refractivity contribution in [2.75, 3.05) is 9.80 Å². The van der Waals surface area contributed by atoms with Gasteiger partial charge in [0.2, 0.25) is 0 Å². The number of benzene rings is 12. The van der Waals surface area contributed by atoms with E-state index in [9.17, 15) is 0 Å². The monoisotopic (exact) mass is 1000 g/mol. The van der Waals surface area contributed by atoms with Gasteiger partial charge < -0.3 is 19.3 Å². The molecule has 4 nitrogen and oxygen atoms in total. The maximum absolute atomic E-state index is 6.13. The van der Waals surface area contributed by atoms with E-state index in [1.165, 1.54) is 21.5 Å². The molecule has 0 saturated carbocycles. The molecule has 0 spiro atoms. The second-order valence-corrected chi connectivity index (χ2v) is 19.4. The highest BCUT2D eigenvalue weighted by Gasteiger charge is 2.18. The van der Waals surface area contributed by atoms with E-state index in [-0.39, 0.29) is 0 Å². The zero-order valence-electron chi connectivity index (χ0n) is 43.3. The fraction of sp³-hybridized carbons (Fsp3) is 0.0270. The lowest BCUT2D eigenvalue weighted by Gasteiger charge is -2.28. The lowest BCUT2D eigenvalue weighted by Crippen LogP contribution is -2.10. The summed E-state index contributed by atoms with van der Waals surface area (Å²) in [5.74, 6) is 1.67. The fourth-order valence-electron chi connectivity index (χ4n) is 10.2. The Morgan fingerprint density at radius 1 is 0.282 bits per heavy atom. The molecule has 12 aromatic carbocycles. The topological polar surface area (TPSA) is 24.9 Å². The third kappa shape index (κ3) is 10.6. The predicted molar refractivity (Wildman–Crippen MR) is 329 cm³/mol. The van der Waals surface area contributed by atoms with Gasteiger partial charge in [-0.1, -0.05) is 219 Å². The van der Waals surface area contributed by atoms with Crippen molar-refractivity contribution in [2.24, 2.45) is 0 Å². The van der Waals surface area contributed by atoms with E-state index in [1.807, 2.05) is 36.4 Å². The van der Waals surface area contributed by atoms with Crippen LogP contribution in [-0.2, 0) is 13.2 Å². The summed E-state index contributed by atoms with van der Waals surface area (Å²) in [4.78, 5) is 4.72. The summed E-state index contributed by atoms with van der Waals surface area (Å²) in [6, 6.07) is 99.1. The highest BCUT2D eigenvalue weighted by atomic mass is 16.5. The molecule has 0 amide bonds. The van der Waals surface area contributed by atoms with Crippen LogP contribution in [0, 0.1) is 0 Å². The van der Waals surface area contributed by atoms with E-state index in [0.717, 1.165) is 101 Å². The molecule has 0 bridgehead atoms. The van der Waals surface area contributed by atoms with Crippen LogP contribution in [0.1, 0.15) is 22.3 Å². The van der Waals surface area contributed by atoms with Crippen LogP contribution in [0.2, 0.25) is 0 Å². The first kappa shape index (κ1) is 48.8. The van der Waals surface area contributed by atoms with Crippen molar-refractivity contribution in [3.8, 4) is 44.9 Å². The van der Waals surface area contributed by atoms with Gasteiger partial charge in [0, 0.05) is 33.5 Å². The first-order valence-corrected chi connectivity index (χ1v) is 26.4. The second-order valence-electron chi connectivity index (χ2n) is 19.4. The molecule has 0 aromatic heterocycles. The Labute approximate surface area is 457 Å². The molecule has 0 aliphatic heterocycles. The molecule has 12 rings (SSSR count). The summed E-state index contributed by atoms with van der Waals surface area (Å²) in [6.45, 7) is 8.72. The Kier molecular flexibility index (Phi) is 14.0. The Balaban J connectivity index is 0.798. The van der Waals surface area contributed by atoms with Crippen LogP contribution in [0.3, 0.4) is 0 Å².